The molecular weight excluding hydrogens is 202 g/mol. The number of aliphatic hydroxyl groups is 4. The van der Waals surface area contributed by atoms with Crippen LogP contribution in [-0.4, -0.2) is 57.7 Å². The molecule has 0 aromatic rings. The molecule has 1 rings (SSSR count). The maximum Gasteiger partial charge on any atom is 0.173 e. The van der Waals surface area contributed by atoms with Gasteiger partial charge in [0.15, 0.2) is 6.29 Å². The van der Waals surface area contributed by atoms with E-state index in [1.807, 2.05) is 0 Å². The van der Waals surface area contributed by atoms with Crippen molar-refractivity contribution in [2.75, 3.05) is 6.61 Å². The van der Waals surface area contributed by atoms with Crippen LogP contribution < -0.4 is 18.1 Å². The molecule has 0 radical (unpaired) electrons. The van der Waals surface area contributed by atoms with Crippen LogP contribution in [0.25, 0.3) is 0 Å². The van der Waals surface area contributed by atoms with E-state index >= 15 is 0 Å². The van der Waals surface area contributed by atoms with Gasteiger partial charge >= 0.3 is 0 Å². The molecule has 0 spiro atoms. The monoisotopic (exact) mass is 214 g/mol. The summed E-state index contributed by atoms with van der Waals surface area (Å²) in [5, 5.41) is 36.1. The third kappa shape index (κ3) is 2.50. The maximum absolute atomic E-state index is 9.20. The molecule has 1 aliphatic heterocycles. The first-order valence-corrected chi connectivity index (χ1v) is 3.64. The summed E-state index contributed by atoms with van der Waals surface area (Å²) >= 11 is 0. The minimum atomic E-state index is -1.35. The van der Waals surface area contributed by atoms with Gasteiger partial charge in [0.2, 0.25) is 0 Å². The van der Waals surface area contributed by atoms with E-state index in [1.54, 1.807) is 0 Å². The Bertz CT molecular complexity index is 155. The normalized spacial score (nSPS) is 45.5. The van der Waals surface area contributed by atoms with Gasteiger partial charge in [0.05, 0.1) is 12.6 Å². The summed E-state index contributed by atoms with van der Waals surface area (Å²) in [5.41, 5.74) is 5.26. The molecule has 0 amide bonds. The molecule has 0 saturated carbocycles. The summed E-state index contributed by atoms with van der Waals surface area (Å²) in [5.74, 6) is 0. The second-order valence-corrected chi connectivity index (χ2v) is 2.81. The summed E-state index contributed by atoms with van der Waals surface area (Å²) in [6.45, 7) is -0.470. The average molecular weight is 215 g/mol. The molecule has 7 heteroatoms. The Labute approximate surface area is 81.3 Å². The van der Waals surface area contributed by atoms with Gasteiger partial charge in [-0.1, -0.05) is 0 Å². The van der Waals surface area contributed by atoms with Gasteiger partial charge in [-0.05, 0) is 0 Å². The Hall–Kier alpha value is 0.0500. The molecule has 13 heavy (non-hydrogen) atoms. The van der Waals surface area contributed by atoms with E-state index in [0.717, 1.165) is 0 Å². The van der Waals surface area contributed by atoms with Crippen LogP contribution in [0.3, 0.4) is 0 Å². The maximum atomic E-state index is 9.20. The van der Waals surface area contributed by atoms with Crippen LogP contribution in [0, 0.1) is 0 Å². The van der Waals surface area contributed by atoms with Crippen molar-refractivity contribution in [2.24, 2.45) is 5.73 Å². The molecule has 80 valence electrons. The minimum absolute atomic E-state index is 0. The van der Waals surface area contributed by atoms with Crippen molar-refractivity contribution in [3.05, 3.63) is 0 Å². The number of aliphatic hydroxyl groups excluding tert-OH is 4. The van der Waals surface area contributed by atoms with Gasteiger partial charge in [0.25, 0.3) is 0 Å². The first kappa shape index (κ1) is 13.1. The lowest BCUT2D eigenvalue weighted by molar-refractivity contribution is -0.248. The zero-order valence-electron chi connectivity index (χ0n) is 6.75. The lowest BCUT2D eigenvalue weighted by Gasteiger charge is -2.38. The number of hydrogen-bond donors (Lipinski definition) is 5. The summed E-state index contributed by atoms with van der Waals surface area (Å²) in [6, 6.07) is -1.04. The van der Waals surface area contributed by atoms with Crippen molar-refractivity contribution in [3.63, 3.8) is 0 Å². The van der Waals surface area contributed by atoms with Crippen molar-refractivity contribution in [1.82, 2.24) is 0 Å². The van der Waals surface area contributed by atoms with Crippen LogP contribution in [0.15, 0.2) is 0 Å². The van der Waals surface area contributed by atoms with Crippen molar-refractivity contribution < 1.29 is 37.6 Å². The summed E-state index contributed by atoms with van der Waals surface area (Å²) < 4.78 is 4.70. The number of halogens is 1. The Morgan fingerprint density at radius 2 is 1.69 bits per heavy atom. The van der Waals surface area contributed by atoms with Crippen molar-refractivity contribution in [1.29, 1.82) is 0 Å². The SMILES string of the molecule is N[C@H]1C(O)O[C@H](CO)[C@@H](O)[C@@H]1O.[Cl-]. The standard InChI is InChI=1S/C6H13NO5.ClH/c7-3-5(10)4(9)2(1-8)12-6(3)11;/h2-6,8-11H,1,7H2;1H/p-1/t2-,3-,4-,5-,6?;/m1./s1. The predicted molar refractivity (Wildman–Crippen MR) is 38.0 cm³/mol. The predicted octanol–water partition coefficient (Wildman–Crippen LogP) is -6.25. The Morgan fingerprint density at radius 1 is 1.15 bits per heavy atom. The molecule has 0 aromatic carbocycles. The van der Waals surface area contributed by atoms with Crippen LogP contribution in [-0.2, 0) is 4.74 Å². The van der Waals surface area contributed by atoms with E-state index in [2.05, 4.69) is 0 Å². The zero-order chi connectivity index (χ0) is 9.30. The Kier molecular flexibility index (Phi) is 5.08. The summed E-state index contributed by atoms with van der Waals surface area (Å²) in [7, 11) is 0. The number of ether oxygens (including phenoxy) is 1. The topological polar surface area (TPSA) is 116 Å². The molecule has 1 fully saturated rings. The van der Waals surface area contributed by atoms with E-state index in [1.165, 1.54) is 0 Å². The van der Waals surface area contributed by atoms with Crippen LogP contribution in [0.2, 0.25) is 0 Å². The van der Waals surface area contributed by atoms with Gasteiger partial charge in [-0.2, -0.15) is 0 Å². The molecule has 1 heterocycles. The van der Waals surface area contributed by atoms with Gasteiger partial charge in [0, 0.05) is 0 Å². The summed E-state index contributed by atoms with van der Waals surface area (Å²) in [6.07, 6.45) is -4.85. The molecule has 0 aliphatic carbocycles. The fourth-order valence-electron chi connectivity index (χ4n) is 1.12. The Morgan fingerprint density at radius 3 is 2.15 bits per heavy atom. The first-order chi connectivity index (χ1) is 5.57. The molecule has 6 nitrogen and oxygen atoms in total. The first-order valence-electron chi connectivity index (χ1n) is 3.64. The molecule has 0 bridgehead atoms. The van der Waals surface area contributed by atoms with Crippen molar-refractivity contribution in [3.8, 4) is 0 Å². The van der Waals surface area contributed by atoms with Gasteiger partial charge in [-0.3, -0.25) is 0 Å². The largest absolute Gasteiger partial charge is 1.00 e. The van der Waals surface area contributed by atoms with Crippen LogP contribution in [0.5, 0.6) is 0 Å². The minimum Gasteiger partial charge on any atom is -1.00 e. The van der Waals surface area contributed by atoms with Crippen molar-refractivity contribution >= 4 is 0 Å². The number of rotatable bonds is 1. The van der Waals surface area contributed by atoms with Gasteiger partial charge in [-0.15, -0.1) is 0 Å². The van der Waals surface area contributed by atoms with E-state index in [4.69, 9.17) is 20.7 Å². The van der Waals surface area contributed by atoms with Gasteiger partial charge in [-0.25, -0.2) is 0 Å². The molecule has 1 unspecified atom stereocenters. The highest BCUT2D eigenvalue weighted by Gasteiger charge is 2.41. The highest BCUT2D eigenvalue weighted by atomic mass is 35.5. The molecule has 1 saturated heterocycles. The van der Waals surface area contributed by atoms with Gasteiger partial charge < -0.3 is 43.3 Å². The van der Waals surface area contributed by atoms with E-state index in [9.17, 15) is 10.2 Å². The zero-order valence-corrected chi connectivity index (χ0v) is 7.50. The molecular formula is C6H13ClNO5-. The molecule has 6 N–H and O–H groups in total. The van der Waals surface area contributed by atoms with Crippen molar-refractivity contribution in [2.45, 2.75) is 30.6 Å². The fraction of sp³-hybridized carbons (Fsp3) is 1.00. The van der Waals surface area contributed by atoms with Crippen LogP contribution >= 0.6 is 0 Å². The number of nitrogens with two attached hydrogens (primary N) is 1. The van der Waals surface area contributed by atoms with Crippen LogP contribution in [0.4, 0.5) is 0 Å². The Balaban J connectivity index is 0.00000144. The highest BCUT2D eigenvalue weighted by molar-refractivity contribution is 4.90. The average Bonchev–Trinajstić information content (AvgIpc) is 2.08. The third-order valence-corrected chi connectivity index (χ3v) is 1.95. The second-order valence-electron chi connectivity index (χ2n) is 2.81. The molecule has 5 atom stereocenters. The molecule has 1 aliphatic rings. The van der Waals surface area contributed by atoms with E-state index < -0.39 is 37.3 Å². The second kappa shape index (κ2) is 5.06. The fourth-order valence-corrected chi connectivity index (χ4v) is 1.12. The highest BCUT2D eigenvalue weighted by Crippen LogP contribution is 2.17. The number of hydrogen-bond acceptors (Lipinski definition) is 6. The lowest BCUT2D eigenvalue weighted by Crippen LogP contribution is -3.00. The smallest absolute Gasteiger partial charge is 0.173 e. The van der Waals surface area contributed by atoms with E-state index in [0.29, 0.717) is 0 Å². The van der Waals surface area contributed by atoms with Crippen LogP contribution in [0.1, 0.15) is 0 Å². The summed E-state index contributed by atoms with van der Waals surface area (Å²) in [4.78, 5) is 0. The third-order valence-electron chi connectivity index (χ3n) is 1.95. The lowest BCUT2D eigenvalue weighted by atomic mass is 9.98. The quantitative estimate of drug-likeness (QED) is 0.297. The van der Waals surface area contributed by atoms with E-state index in [-0.39, 0.29) is 12.4 Å². The van der Waals surface area contributed by atoms with Gasteiger partial charge in [0.1, 0.15) is 18.3 Å². The molecule has 0 aromatic heterocycles.